The summed E-state index contributed by atoms with van der Waals surface area (Å²) in [7, 11) is 2.49. The lowest BCUT2D eigenvalue weighted by molar-refractivity contribution is -0.176. The monoisotopic (exact) mass is 320 g/mol. The fraction of sp³-hybridized carbons (Fsp3) is 0.647. The molecule has 0 N–H and O–H groups in total. The normalized spacial score (nSPS) is 39.0. The highest BCUT2D eigenvalue weighted by atomic mass is 16.5. The molecular formula is C17H20O6. The molecule has 0 aromatic rings. The highest BCUT2D eigenvalue weighted by Gasteiger charge is 2.66. The molecule has 4 saturated carbocycles. The van der Waals surface area contributed by atoms with Crippen LogP contribution < -0.4 is 0 Å². The Morgan fingerprint density at radius 1 is 0.957 bits per heavy atom. The summed E-state index contributed by atoms with van der Waals surface area (Å²) in [5.74, 6) is -2.61. The van der Waals surface area contributed by atoms with Gasteiger partial charge in [0.15, 0.2) is 11.6 Å². The number of methoxy groups -OCH3 is 2. The number of hydrogen-bond acceptors (Lipinski definition) is 6. The molecule has 6 nitrogen and oxygen atoms in total. The van der Waals surface area contributed by atoms with Crippen LogP contribution in [0.25, 0.3) is 0 Å². The van der Waals surface area contributed by atoms with Crippen molar-refractivity contribution in [3.05, 3.63) is 12.2 Å². The third kappa shape index (κ3) is 1.93. The van der Waals surface area contributed by atoms with Gasteiger partial charge in [-0.05, 0) is 32.1 Å². The average molecular weight is 320 g/mol. The fourth-order valence-corrected chi connectivity index (χ4v) is 4.87. The number of carbonyl (C=O) groups excluding carboxylic acids is 4. The first-order valence-electron chi connectivity index (χ1n) is 7.73. The van der Waals surface area contributed by atoms with Crippen molar-refractivity contribution in [2.75, 3.05) is 14.2 Å². The number of Topliss-reactive ketones (excluding diaryl/α,β-unsaturated/α-hetero) is 2. The van der Waals surface area contributed by atoms with Crippen molar-refractivity contribution < 1.29 is 28.7 Å². The van der Waals surface area contributed by atoms with Gasteiger partial charge in [-0.2, -0.15) is 0 Å². The lowest BCUT2D eigenvalue weighted by Crippen LogP contribution is -2.61. The van der Waals surface area contributed by atoms with E-state index in [1.807, 2.05) is 0 Å². The predicted molar refractivity (Wildman–Crippen MR) is 78.1 cm³/mol. The Morgan fingerprint density at radius 3 is 1.70 bits per heavy atom. The molecule has 4 bridgehead atoms. The Balaban J connectivity index is 2.15. The first-order chi connectivity index (χ1) is 10.8. The van der Waals surface area contributed by atoms with E-state index in [1.165, 1.54) is 14.2 Å². The number of ketones is 2. The van der Waals surface area contributed by atoms with E-state index >= 15 is 0 Å². The number of esters is 2. The van der Waals surface area contributed by atoms with Crippen LogP contribution in [0.5, 0.6) is 0 Å². The smallest absolute Gasteiger partial charge is 0.319 e. The van der Waals surface area contributed by atoms with E-state index in [0.717, 1.165) is 0 Å². The van der Waals surface area contributed by atoms with Crippen LogP contribution in [-0.4, -0.2) is 37.7 Å². The first kappa shape index (κ1) is 15.9. The van der Waals surface area contributed by atoms with Crippen molar-refractivity contribution in [1.29, 1.82) is 0 Å². The summed E-state index contributed by atoms with van der Waals surface area (Å²) in [5, 5.41) is 0. The summed E-state index contributed by atoms with van der Waals surface area (Å²) >= 11 is 0. The average Bonchev–Trinajstić information content (AvgIpc) is 2.53. The zero-order chi connectivity index (χ0) is 17.0. The molecule has 23 heavy (non-hydrogen) atoms. The van der Waals surface area contributed by atoms with Crippen LogP contribution in [-0.2, 0) is 28.7 Å². The highest BCUT2D eigenvalue weighted by molar-refractivity contribution is 6.12. The lowest BCUT2D eigenvalue weighted by atomic mass is 9.48. The van der Waals surface area contributed by atoms with Gasteiger partial charge >= 0.3 is 11.9 Å². The van der Waals surface area contributed by atoms with Gasteiger partial charge < -0.3 is 9.47 Å². The maximum Gasteiger partial charge on any atom is 0.319 e. The number of ether oxygens (including phenoxy) is 2. The molecule has 4 aliphatic rings. The predicted octanol–water partition coefficient (Wildman–Crippen LogP) is 1.22. The van der Waals surface area contributed by atoms with Gasteiger partial charge in [-0.1, -0.05) is 12.2 Å². The van der Waals surface area contributed by atoms with E-state index in [1.54, 1.807) is 0 Å². The van der Waals surface area contributed by atoms with Crippen LogP contribution in [0.4, 0.5) is 0 Å². The van der Waals surface area contributed by atoms with E-state index in [9.17, 15) is 19.2 Å². The molecular weight excluding hydrogens is 300 g/mol. The van der Waals surface area contributed by atoms with Crippen molar-refractivity contribution in [3.8, 4) is 0 Å². The summed E-state index contributed by atoms with van der Waals surface area (Å²) in [5.41, 5.74) is -2.10. The SMILES string of the molecule is C=C1C[C@@]2(C(=O)OC)C[C@@H]3C[C@@H](C[C@@](C(=O)OC)(C1)C3=O)C2=O. The van der Waals surface area contributed by atoms with Crippen LogP contribution in [0.15, 0.2) is 12.2 Å². The van der Waals surface area contributed by atoms with Gasteiger partial charge in [0.2, 0.25) is 0 Å². The number of fused-ring (bicyclic) bond motifs is 2. The van der Waals surface area contributed by atoms with Crippen molar-refractivity contribution in [2.45, 2.75) is 32.1 Å². The molecule has 0 radical (unpaired) electrons. The van der Waals surface area contributed by atoms with Crippen LogP contribution in [0.1, 0.15) is 32.1 Å². The Bertz CT molecular complexity index is 583. The minimum absolute atomic E-state index is 0.103. The Labute approximate surface area is 134 Å². The highest BCUT2D eigenvalue weighted by Crippen LogP contribution is 2.58. The van der Waals surface area contributed by atoms with Gasteiger partial charge in [0.1, 0.15) is 10.8 Å². The Hall–Kier alpha value is -1.98. The summed E-state index contributed by atoms with van der Waals surface area (Å²) in [6.07, 6.45) is 0.883. The summed E-state index contributed by atoms with van der Waals surface area (Å²) in [6.45, 7) is 3.91. The number of allylic oxidation sites excluding steroid dienone is 1. The van der Waals surface area contributed by atoms with Gasteiger partial charge in [-0.25, -0.2) is 0 Å². The van der Waals surface area contributed by atoms with Crippen LogP contribution in [0.2, 0.25) is 0 Å². The second-order valence-corrected chi connectivity index (χ2v) is 7.02. The largest absolute Gasteiger partial charge is 0.468 e. The second-order valence-electron chi connectivity index (χ2n) is 7.02. The summed E-state index contributed by atoms with van der Waals surface area (Å²) < 4.78 is 9.74. The Morgan fingerprint density at radius 2 is 1.35 bits per heavy atom. The van der Waals surface area contributed by atoms with E-state index in [-0.39, 0.29) is 37.2 Å². The third-order valence-electron chi connectivity index (χ3n) is 5.70. The van der Waals surface area contributed by atoms with E-state index in [4.69, 9.17) is 9.47 Å². The van der Waals surface area contributed by atoms with Crippen LogP contribution in [0.3, 0.4) is 0 Å². The zero-order valence-corrected chi connectivity index (χ0v) is 13.3. The molecule has 0 unspecified atom stereocenters. The maximum absolute atomic E-state index is 13.0. The number of hydrogen-bond donors (Lipinski definition) is 0. The molecule has 4 atom stereocenters. The first-order valence-corrected chi connectivity index (χ1v) is 7.73. The van der Waals surface area contributed by atoms with Crippen molar-refractivity contribution in [2.24, 2.45) is 22.7 Å². The van der Waals surface area contributed by atoms with Gasteiger partial charge in [-0.15, -0.1) is 0 Å². The van der Waals surface area contributed by atoms with Crippen molar-refractivity contribution >= 4 is 23.5 Å². The molecule has 4 rings (SSSR count). The molecule has 0 aromatic heterocycles. The quantitative estimate of drug-likeness (QED) is 0.432. The van der Waals surface area contributed by atoms with Gasteiger partial charge in [0.25, 0.3) is 0 Å². The molecule has 0 amide bonds. The summed E-state index contributed by atoms with van der Waals surface area (Å²) in [4.78, 5) is 50.7. The van der Waals surface area contributed by atoms with Crippen LogP contribution >= 0.6 is 0 Å². The maximum atomic E-state index is 13.0. The van der Waals surface area contributed by atoms with E-state index in [0.29, 0.717) is 12.0 Å². The van der Waals surface area contributed by atoms with Gasteiger partial charge in [-0.3, -0.25) is 19.2 Å². The molecule has 0 spiro atoms. The van der Waals surface area contributed by atoms with Crippen molar-refractivity contribution in [3.63, 3.8) is 0 Å². The molecule has 6 heteroatoms. The molecule has 124 valence electrons. The third-order valence-corrected chi connectivity index (χ3v) is 5.70. The minimum Gasteiger partial charge on any atom is -0.468 e. The van der Waals surface area contributed by atoms with E-state index < -0.39 is 34.6 Å². The molecule has 4 aliphatic carbocycles. The lowest BCUT2D eigenvalue weighted by Gasteiger charge is -2.51. The number of carbonyl (C=O) groups is 4. The molecule has 0 aromatic carbocycles. The molecule has 0 saturated heterocycles. The topological polar surface area (TPSA) is 86.7 Å². The number of rotatable bonds is 2. The molecule has 4 fully saturated rings. The van der Waals surface area contributed by atoms with Crippen molar-refractivity contribution in [1.82, 2.24) is 0 Å². The molecule has 0 heterocycles. The molecule has 0 aliphatic heterocycles. The van der Waals surface area contributed by atoms with Gasteiger partial charge in [0.05, 0.1) is 14.2 Å². The standard InChI is InChI=1S/C17H20O6/c1-9-5-16(14(20)22-2)7-10-4-11(12(16)18)8-17(6-9,13(10)19)15(21)23-3/h10-11H,1,4-8H2,2-3H3/t10-,11-,16-,17+/m0/s1. The van der Waals surface area contributed by atoms with Crippen LogP contribution in [0, 0.1) is 22.7 Å². The summed E-state index contributed by atoms with van der Waals surface area (Å²) in [6, 6.07) is 0. The minimum atomic E-state index is -1.32. The Kier molecular flexibility index (Phi) is 3.46. The van der Waals surface area contributed by atoms with Gasteiger partial charge in [0, 0.05) is 11.8 Å². The zero-order valence-electron chi connectivity index (χ0n) is 13.3. The second kappa shape index (κ2) is 5.01. The van der Waals surface area contributed by atoms with E-state index in [2.05, 4.69) is 6.58 Å². The fourth-order valence-electron chi connectivity index (χ4n) is 4.87.